The quantitative estimate of drug-likeness (QED) is 0.606. The molecule has 3 rings (SSSR count). The van der Waals surface area contributed by atoms with E-state index >= 15 is 0 Å². The molecule has 0 bridgehead atoms. The van der Waals surface area contributed by atoms with Crippen LogP contribution in [0, 0.1) is 18.3 Å². The van der Waals surface area contributed by atoms with Gasteiger partial charge in [-0.3, -0.25) is 9.48 Å². The average molecular weight is 472 g/mol. The Balaban J connectivity index is 1.86. The second-order valence-corrected chi connectivity index (χ2v) is 10.2. The Hall–Kier alpha value is -2.36. The van der Waals surface area contributed by atoms with Gasteiger partial charge in [-0.2, -0.15) is 18.3 Å². The molecular formula is C22H28F3N3O3S. The molecular weight excluding hydrogens is 443 g/mol. The van der Waals surface area contributed by atoms with Crippen molar-refractivity contribution in [3.8, 4) is 0 Å². The minimum absolute atomic E-state index is 0.114. The van der Waals surface area contributed by atoms with Gasteiger partial charge in [-0.1, -0.05) is 20.8 Å². The summed E-state index contributed by atoms with van der Waals surface area (Å²) in [5.41, 5.74) is 0.550. The molecule has 1 aliphatic rings. The summed E-state index contributed by atoms with van der Waals surface area (Å²) in [5.74, 6) is -0.606. The molecule has 32 heavy (non-hydrogen) atoms. The Morgan fingerprint density at radius 3 is 2.56 bits per heavy atom. The lowest BCUT2D eigenvalue weighted by molar-refractivity contribution is -0.141. The topological polar surface area (TPSA) is 73.2 Å². The van der Waals surface area contributed by atoms with E-state index in [-0.39, 0.29) is 17.7 Å². The Bertz CT molecular complexity index is 1020. The van der Waals surface area contributed by atoms with Crippen molar-refractivity contribution in [3.63, 3.8) is 0 Å². The molecule has 0 fully saturated rings. The fourth-order valence-electron chi connectivity index (χ4n) is 3.94. The second-order valence-electron chi connectivity index (χ2n) is 9.11. The maximum atomic E-state index is 12.9. The van der Waals surface area contributed by atoms with Gasteiger partial charge in [0, 0.05) is 10.6 Å². The molecule has 1 amide bonds. The van der Waals surface area contributed by atoms with Gasteiger partial charge in [0.25, 0.3) is 0 Å². The SMILES string of the molecule is CCOC(=O)c1c(NC(=O)Cn2nc(C(F)(F)F)cc2C)sc2c1CCC(C(C)(C)C)C2. The summed E-state index contributed by atoms with van der Waals surface area (Å²) in [6.45, 7) is 9.54. The predicted molar refractivity (Wildman–Crippen MR) is 116 cm³/mol. The van der Waals surface area contributed by atoms with E-state index in [1.807, 2.05) is 0 Å². The first kappa shape index (κ1) is 24.3. The van der Waals surface area contributed by atoms with Crippen molar-refractivity contribution in [1.82, 2.24) is 9.78 Å². The summed E-state index contributed by atoms with van der Waals surface area (Å²) in [7, 11) is 0. The van der Waals surface area contributed by atoms with Gasteiger partial charge in [-0.15, -0.1) is 11.3 Å². The Kier molecular flexibility index (Phi) is 6.74. The van der Waals surface area contributed by atoms with Crippen LogP contribution >= 0.6 is 11.3 Å². The number of anilines is 1. The molecule has 10 heteroatoms. The van der Waals surface area contributed by atoms with Crippen molar-refractivity contribution < 1.29 is 27.5 Å². The van der Waals surface area contributed by atoms with E-state index in [1.54, 1.807) is 6.92 Å². The number of aryl methyl sites for hydroxylation is 1. The van der Waals surface area contributed by atoms with Crippen LogP contribution in [0.2, 0.25) is 0 Å². The molecule has 2 heterocycles. The molecule has 176 valence electrons. The van der Waals surface area contributed by atoms with Crippen LogP contribution in [-0.4, -0.2) is 28.3 Å². The van der Waals surface area contributed by atoms with Crippen molar-refractivity contribution in [3.05, 3.63) is 33.5 Å². The largest absolute Gasteiger partial charge is 0.462 e. The van der Waals surface area contributed by atoms with Gasteiger partial charge in [-0.25, -0.2) is 4.79 Å². The van der Waals surface area contributed by atoms with Crippen LogP contribution in [0.3, 0.4) is 0 Å². The zero-order chi connectivity index (χ0) is 23.8. The standard InChI is InChI=1S/C22H28F3N3O3S/c1-6-31-20(30)18-14-8-7-13(21(3,4)5)10-15(14)32-19(18)26-17(29)11-28-12(2)9-16(27-28)22(23,24)25/h9,13H,6-8,10-11H2,1-5H3,(H,26,29). The number of carbonyl (C=O) groups excluding carboxylic acids is 2. The van der Waals surface area contributed by atoms with Crippen molar-refractivity contribution in [2.45, 2.75) is 66.6 Å². The van der Waals surface area contributed by atoms with Crippen LogP contribution in [0.1, 0.15) is 66.3 Å². The molecule has 2 aromatic rings. The number of amides is 1. The summed E-state index contributed by atoms with van der Waals surface area (Å²) in [4.78, 5) is 26.4. The van der Waals surface area contributed by atoms with Gasteiger partial charge in [0.2, 0.25) is 5.91 Å². The number of carbonyl (C=O) groups is 2. The van der Waals surface area contributed by atoms with E-state index in [0.717, 1.165) is 34.0 Å². The first-order chi connectivity index (χ1) is 14.8. The lowest BCUT2D eigenvalue weighted by atomic mass is 9.72. The van der Waals surface area contributed by atoms with E-state index in [0.29, 0.717) is 22.9 Å². The van der Waals surface area contributed by atoms with Crippen molar-refractivity contribution >= 4 is 28.2 Å². The smallest absolute Gasteiger partial charge is 0.435 e. The highest BCUT2D eigenvalue weighted by Crippen LogP contribution is 2.44. The number of halogens is 3. The van der Waals surface area contributed by atoms with Gasteiger partial charge < -0.3 is 10.1 Å². The van der Waals surface area contributed by atoms with E-state index in [1.165, 1.54) is 18.3 Å². The maximum absolute atomic E-state index is 12.9. The summed E-state index contributed by atoms with van der Waals surface area (Å²) < 4.78 is 44.9. The highest BCUT2D eigenvalue weighted by Gasteiger charge is 2.36. The monoisotopic (exact) mass is 471 g/mol. The third-order valence-corrected chi connectivity index (χ3v) is 6.96. The first-order valence-electron chi connectivity index (χ1n) is 10.5. The minimum Gasteiger partial charge on any atom is -0.462 e. The van der Waals surface area contributed by atoms with E-state index in [9.17, 15) is 22.8 Å². The Labute approximate surface area is 189 Å². The van der Waals surface area contributed by atoms with Crippen LogP contribution in [0.4, 0.5) is 18.2 Å². The van der Waals surface area contributed by atoms with Crippen LogP contribution in [0.25, 0.3) is 0 Å². The number of nitrogens with zero attached hydrogens (tertiary/aromatic N) is 2. The fraction of sp³-hybridized carbons (Fsp3) is 0.591. The lowest BCUT2D eigenvalue weighted by Crippen LogP contribution is -2.26. The average Bonchev–Trinajstić information content (AvgIpc) is 3.20. The first-order valence-corrected chi connectivity index (χ1v) is 11.4. The number of ether oxygens (including phenoxy) is 1. The molecule has 6 nitrogen and oxygen atoms in total. The fourth-order valence-corrected chi connectivity index (χ4v) is 5.27. The summed E-state index contributed by atoms with van der Waals surface area (Å²) in [5, 5.41) is 6.60. The number of hydrogen-bond acceptors (Lipinski definition) is 5. The number of rotatable bonds is 5. The zero-order valence-corrected chi connectivity index (χ0v) is 19.7. The summed E-state index contributed by atoms with van der Waals surface area (Å²) in [6, 6.07) is 0.897. The normalized spacial score (nSPS) is 16.6. The molecule has 0 aromatic carbocycles. The van der Waals surface area contributed by atoms with E-state index < -0.39 is 30.3 Å². The van der Waals surface area contributed by atoms with Gasteiger partial charge in [0.15, 0.2) is 5.69 Å². The third kappa shape index (κ3) is 5.16. The van der Waals surface area contributed by atoms with E-state index in [4.69, 9.17) is 4.74 Å². The molecule has 1 N–H and O–H groups in total. The predicted octanol–water partition coefficient (Wildman–Crippen LogP) is 5.24. The number of esters is 1. The van der Waals surface area contributed by atoms with Gasteiger partial charge in [0.1, 0.15) is 11.5 Å². The van der Waals surface area contributed by atoms with Crippen molar-refractivity contribution in [2.24, 2.45) is 11.3 Å². The summed E-state index contributed by atoms with van der Waals surface area (Å²) in [6.07, 6.45) is -2.14. The van der Waals surface area contributed by atoms with Gasteiger partial charge in [0.05, 0.1) is 12.2 Å². The van der Waals surface area contributed by atoms with E-state index in [2.05, 4.69) is 31.2 Å². The maximum Gasteiger partial charge on any atom is 0.435 e. The molecule has 0 aliphatic heterocycles. The number of hydrogen-bond donors (Lipinski definition) is 1. The highest BCUT2D eigenvalue weighted by atomic mass is 32.1. The third-order valence-electron chi connectivity index (χ3n) is 5.79. The molecule has 1 atom stereocenters. The molecule has 0 saturated heterocycles. The molecule has 1 aliphatic carbocycles. The minimum atomic E-state index is -4.58. The number of nitrogens with one attached hydrogen (secondary N) is 1. The number of thiophene rings is 1. The molecule has 2 aromatic heterocycles. The van der Waals surface area contributed by atoms with Gasteiger partial charge in [-0.05, 0) is 56.1 Å². The summed E-state index contributed by atoms with van der Waals surface area (Å²) >= 11 is 1.35. The lowest BCUT2D eigenvalue weighted by Gasteiger charge is -2.33. The van der Waals surface area contributed by atoms with Crippen molar-refractivity contribution in [1.29, 1.82) is 0 Å². The van der Waals surface area contributed by atoms with Crippen molar-refractivity contribution in [2.75, 3.05) is 11.9 Å². The molecule has 1 unspecified atom stereocenters. The van der Waals surface area contributed by atoms with Crippen LogP contribution in [0.15, 0.2) is 6.07 Å². The second kappa shape index (κ2) is 8.88. The van der Waals surface area contributed by atoms with Crippen LogP contribution in [0.5, 0.6) is 0 Å². The zero-order valence-electron chi connectivity index (χ0n) is 18.9. The molecule has 0 spiro atoms. The number of alkyl halides is 3. The highest BCUT2D eigenvalue weighted by molar-refractivity contribution is 7.17. The molecule has 0 radical (unpaired) electrons. The number of fused-ring (bicyclic) bond motifs is 1. The Morgan fingerprint density at radius 1 is 1.31 bits per heavy atom. The van der Waals surface area contributed by atoms with Crippen LogP contribution < -0.4 is 5.32 Å². The number of aromatic nitrogens is 2. The van der Waals surface area contributed by atoms with Gasteiger partial charge >= 0.3 is 12.1 Å². The Morgan fingerprint density at radius 2 is 2.00 bits per heavy atom. The molecule has 0 saturated carbocycles. The van der Waals surface area contributed by atoms with Crippen LogP contribution in [-0.2, 0) is 35.1 Å².